The van der Waals surface area contributed by atoms with E-state index in [1.807, 2.05) is 0 Å². The number of alkyl halides is 3. The highest BCUT2D eigenvalue weighted by Crippen LogP contribution is 2.33. The summed E-state index contributed by atoms with van der Waals surface area (Å²) in [5.41, 5.74) is 5.48. The molecule has 0 bridgehead atoms. The second-order valence-electron chi connectivity index (χ2n) is 8.65. The number of rotatable bonds is 11. The Morgan fingerprint density at radius 3 is 2.56 bits per heavy atom. The summed E-state index contributed by atoms with van der Waals surface area (Å²) >= 11 is 0. The van der Waals surface area contributed by atoms with Gasteiger partial charge < -0.3 is 35.7 Å². The number of methoxy groups -OCH3 is 1. The van der Waals surface area contributed by atoms with E-state index in [4.69, 9.17) is 15.2 Å². The van der Waals surface area contributed by atoms with E-state index in [0.717, 1.165) is 12.5 Å². The first kappa shape index (κ1) is 29.2. The minimum Gasteiger partial charge on any atom is -0.475 e. The van der Waals surface area contributed by atoms with Gasteiger partial charge in [0.05, 0.1) is 5.56 Å². The summed E-state index contributed by atoms with van der Waals surface area (Å²) < 4.78 is 52.0. The summed E-state index contributed by atoms with van der Waals surface area (Å²) in [5, 5.41) is 8.22. The van der Waals surface area contributed by atoms with Gasteiger partial charge in [0.25, 0.3) is 0 Å². The molecule has 5 N–H and O–H groups in total. The van der Waals surface area contributed by atoms with E-state index in [9.17, 15) is 22.8 Å². The van der Waals surface area contributed by atoms with Crippen LogP contribution < -0.4 is 31.8 Å². The van der Waals surface area contributed by atoms with Gasteiger partial charge in [-0.2, -0.15) is 13.2 Å². The highest BCUT2D eigenvalue weighted by molar-refractivity contribution is 6.00. The number of nitrogens with two attached hydrogens (primary N) is 1. The molecule has 3 heterocycles. The molecule has 0 fully saturated rings. The van der Waals surface area contributed by atoms with Crippen LogP contribution in [0.15, 0.2) is 59.9 Å². The first-order valence-electron chi connectivity index (χ1n) is 12.4. The fourth-order valence-electron chi connectivity index (χ4n) is 3.80. The van der Waals surface area contributed by atoms with Crippen molar-refractivity contribution in [2.24, 2.45) is 0 Å². The lowest BCUT2D eigenvalue weighted by Gasteiger charge is -2.15. The zero-order valence-electron chi connectivity index (χ0n) is 21.9. The first-order valence-corrected chi connectivity index (χ1v) is 12.4. The molecule has 0 radical (unpaired) electrons. The normalized spacial score (nSPS) is 11.4. The third-order valence-corrected chi connectivity index (χ3v) is 5.76. The zero-order valence-corrected chi connectivity index (χ0v) is 21.9. The van der Waals surface area contributed by atoms with Gasteiger partial charge >= 0.3 is 12.2 Å². The van der Waals surface area contributed by atoms with Gasteiger partial charge in [0, 0.05) is 50.1 Å². The fourth-order valence-corrected chi connectivity index (χ4v) is 3.80. The van der Waals surface area contributed by atoms with Crippen molar-refractivity contribution in [2.45, 2.75) is 12.6 Å². The third kappa shape index (κ3) is 7.46. The number of nitrogen functional groups attached to an aromatic ring is 1. The van der Waals surface area contributed by atoms with Gasteiger partial charge in [-0.15, -0.1) is 0 Å². The fraction of sp³-hybridized carbons (Fsp3) is 0.269. The molecular weight excluding hydrogens is 545 g/mol. The zero-order chi connectivity index (χ0) is 29.4. The molecule has 12 nitrogen and oxygen atoms in total. The highest BCUT2D eigenvalue weighted by atomic mass is 19.4. The maximum atomic E-state index is 13.3. The molecule has 0 aliphatic heterocycles. The van der Waals surface area contributed by atoms with Crippen molar-refractivity contribution in [3.8, 4) is 11.6 Å². The maximum Gasteiger partial charge on any atom is 0.417 e. The molecule has 4 aromatic rings. The molecule has 0 saturated carbocycles. The summed E-state index contributed by atoms with van der Waals surface area (Å²) in [6.07, 6.45) is -0.466. The molecule has 0 spiro atoms. The van der Waals surface area contributed by atoms with Gasteiger partial charge in [-0.25, -0.2) is 19.7 Å². The summed E-state index contributed by atoms with van der Waals surface area (Å²) in [6, 6.07) is 7.72. The lowest BCUT2D eigenvalue weighted by atomic mass is 10.2. The van der Waals surface area contributed by atoms with Gasteiger partial charge in [-0.1, -0.05) is 0 Å². The molecule has 0 aliphatic carbocycles. The van der Waals surface area contributed by atoms with E-state index in [0.29, 0.717) is 42.9 Å². The van der Waals surface area contributed by atoms with Crippen LogP contribution in [0.25, 0.3) is 16.7 Å². The number of halogens is 3. The molecule has 3 aromatic heterocycles. The number of pyridine rings is 2. The van der Waals surface area contributed by atoms with Crippen molar-refractivity contribution < 1.29 is 27.4 Å². The number of amides is 2. The van der Waals surface area contributed by atoms with E-state index in [2.05, 4.69) is 30.9 Å². The number of anilines is 3. The second kappa shape index (κ2) is 13.1. The van der Waals surface area contributed by atoms with E-state index in [-0.39, 0.29) is 34.8 Å². The number of aromatic nitrogens is 4. The molecular formula is C26H27F3N8O4. The SMILES string of the molecule is COCCCNCCOc1ncc(C(F)(F)F)cc1NC(=O)Nc1ccc(-n2ccc(=O)c3c(N)ncnc32)cc1. The van der Waals surface area contributed by atoms with E-state index >= 15 is 0 Å². The molecule has 2 amide bonds. The minimum absolute atomic E-state index is 0.0510. The van der Waals surface area contributed by atoms with Gasteiger partial charge in [0.1, 0.15) is 29.8 Å². The molecule has 15 heteroatoms. The van der Waals surface area contributed by atoms with Gasteiger partial charge in [-0.05, 0) is 43.3 Å². The van der Waals surface area contributed by atoms with Crippen LogP contribution in [0.1, 0.15) is 12.0 Å². The number of ether oxygens (including phenoxy) is 2. The Morgan fingerprint density at radius 2 is 1.83 bits per heavy atom. The molecule has 4 rings (SSSR count). The summed E-state index contributed by atoms with van der Waals surface area (Å²) in [5.74, 6) is -0.108. The highest BCUT2D eigenvalue weighted by Gasteiger charge is 2.32. The number of hydrogen-bond acceptors (Lipinski definition) is 9. The Balaban J connectivity index is 1.45. The van der Waals surface area contributed by atoms with Crippen molar-refractivity contribution in [1.82, 2.24) is 24.8 Å². The lowest BCUT2D eigenvalue weighted by molar-refractivity contribution is -0.137. The lowest BCUT2D eigenvalue weighted by Crippen LogP contribution is -2.24. The van der Waals surface area contributed by atoms with Crippen LogP contribution in [0.4, 0.5) is 35.2 Å². The molecule has 0 unspecified atom stereocenters. The largest absolute Gasteiger partial charge is 0.475 e. The third-order valence-electron chi connectivity index (χ3n) is 5.76. The number of urea groups is 1. The van der Waals surface area contributed by atoms with Crippen molar-refractivity contribution in [3.63, 3.8) is 0 Å². The average molecular weight is 573 g/mol. The Morgan fingerprint density at radius 1 is 1.05 bits per heavy atom. The molecule has 1 aromatic carbocycles. The van der Waals surface area contributed by atoms with Crippen LogP contribution in [0.2, 0.25) is 0 Å². The number of hydrogen-bond donors (Lipinski definition) is 4. The van der Waals surface area contributed by atoms with Crippen molar-refractivity contribution >= 4 is 34.3 Å². The Hall–Kier alpha value is -4.76. The van der Waals surface area contributed by atoms with Crippen LogP contribution in [-0.4, -0.2) is 59.0 Å². The predicted octanol–water partition coefficient (Wildman–Crippen LogP) is 3.43. The summed E-state index contributed by atoms with van der Waals surface area (Å²) in [7, 11) is 1.60. The maximum absolute atomic E-state index is 13.3. The quantitative estimate of drug-likeness (QED) is 0.198. The number of nitrogens with zero attached hydrogens (tertiary/aromatic N) is 4. The van der Waals surface area contributed by atoms with Crippen molar-refractivity contribution in [1.29, 1.82) is 0 Å². The molecule has 216 valence electrons. The monoisotopic (exact) mass is 572 g/mol. The van der Waals surface area contributed by atoms with Gasteiger partial charge in [0.2, 0.25) is 5.88 Å². The number of carbonyl (C=O) groups excluding carboxylic acids is 1. The van der Waals surface area contributed by atoms with Crippen LogP contribution in [0.3, 0.4) is 0 Å². The van der Waals surface area contributed by atoms with Crippen LogP contribution in [0.5, 0.6) is 5.88 Å². The molecule has 0 atom stereocenters. The standard InChI is InChI=1S/C26H27F3N8O4/c1-40-11-2-8-31-9-12-41-24-19(13-16(14-32-24)26(27,28)29)36-25(39)35-17-3-5-18(6-4-17)37-10-7-20(38)21-22(30)33-15-34-23(21)37/h3-7,10,13-15,31H,2,8-9,11-12H2,1H3,(H2,30,33,34)(H2,35,36,39). The van der Waals surface area contributed by atoms with E-state index in [1.54, 1.807) is 35.9 Å². The van der Waals surface area contributed by atoms with Crippen molar-refractivity contribution in [2.75, 3.05) is 49.8 Å². The first-order chi connectivity index (χ1) is 19.7. The minimum atomic E-state index is -4.67. The molecule has 0 saturated heterocycles. The Bertz CT molecular complexity index is 1560. The van der Waals surface area contributed by atoms with Crippen LogP contribution in [0, 0.1) is 0 Å². The number of nitrogens with one attached hydrogen (secondary N) is 3. The van der Waals surface area contributed by atoms with Gasteiger partial charge in [0.15, 0.2) is 11.1 Å². The number of fused-ring (bicyclic) bond motifs is 1. The topological polar surface area (TPSA) is 158 Å². The predicted molar refractivity (Wildman–Crippen MR) is 146 cm³/mol. The number of benzene rings is 1. The summed E-state index contributed by atoms with van der Waals surface area (Å²) in [6.45, 7) is 1.78. The van der Waals surface area contributed by atoms with E-state index in [1.165, 1.54) is 18.6 Å². The summed E-state index contributed by atoms with van der Waals surface area (Å²) in [4.78, 5) is 36.7. The molecule has 0 aliphatic rings. The van der Waals surface area contributed by atoms with E-state index < -0.39 is 17.8 Å². The van der Waals surface area contributed by atoms with Crippen molar-refractivity contribution in [3.05, 3.63) is 70.9 Å². The second-order valence-corrected chi connectivity index (χ2v) is 8.65. The van der Waals surface area contributed by atoms with Crippen LogP contribution >= 0.6 is 0 Å². The Labute approximate surface area is 231 Å². The average Bonchev–Trinajstić information content (AvgIpc) is 2.93. The smallest absolute Gasteiger partial charge is 0.417 e. The van der Waals surface area contributed by atoms with Crippen LogP contribution in [-0.2, 0) is 10.9 Å². The number of carbonyl (C=O) groups is 1. The Kier molecular flexibility index (Phi) is 9.31. The molecule has 41 heavy (non-hydrogen) atoms. The van der Waals surface area contributed by atoms with Gasteiger partial charge in [-0.3, -0.25) is 4.79 Å².